The van der Waals surface area contributed by atoms with Crippen molar-refractivity contribution in [1.82, 2.24) is 5.01 Å². The smallest absolute Gasteiger partial charge is 0.436 e. The minimum Gasteiger partial charge on any atom is -0.442 e. The molecule has 0 saturated carbocycles. The van der Waals surface area contributed by atoms with Crippen LogP contribution in [0.5, 0.6) is 0 Å². The van der Waals surface area contributed by atoms with Gasteiger partial charge >= 0.3 is 12.2 Å². The van der Waals surface area contributed by atoms with E-state index in [1.807, 2.05) is 50.2 Å². The molecule has 1 aliphatic rings. The van der Waals surface area contributed by atoms with Gasteiger partial charge in [0.2, 0.25) is 0 Å². The number of fused-ring (bicyclic) bond motifs is 1. The third-order valence-corrected chi connectivity index (χ3v) is 4.43. The Balaban J connectivity index is 2.23. The number of carbonyl (C=O) groups excluding carboxylic acids is 2. The van der Waals surface area contributed by atoms with Gasteiger partial charge in [0, 0.05) is 5.56 Å². The van der Waals surface area contributed by atoms with E-state index in [4.69, 9.17) is 14.5 Å². The normalized spacial score (nSPS) is 13.9. The van der Waals surface area contributed by atoms with Gasteiger partial charge in [-0.3, -0.25) is 0 Å². The first-order valence-electron chi connectivity index (χ1n) is 10.6. The largest absolute Gasteiger partial charge is 0.442 e. The average molecular weight is 438 g/mol. The Labute approximate surface area is 189 Å². The molecule has 0 N–H and O–H groups in total. The molecule has 0 unspecified atom stereocenters. The van der Waals surface area contributed by atoms with Crippen molar-refractivity contribution in [2.24, 2.45) is 4.99 Å². The van der Waals surface area contributed by atoms with E-state index in [2.05, 4.69) is 0 Å². The van der Waals surface area contributed by atoms with Crippen molar-refractivity contribution in [3.8, 4) is 0 Å². The minimum atomic E-state index is -0.776. The molecule has 0 bridgehead atoms. The van der Waals surface area contributed by atoms with Gasteiger partial charge in [-0.15, -0.1) is 0 Å². The number of anilines is 1. The molecule has 0 saturated heterocycles. The van der Waals surface area contributed by atoms with Crippen molar-refractivity contribution < 1.29 is 19.1 Å². The van der Waals surface area contributed by atoms with E-state index in [-0.39, 0.29) is 5.84 Å². The molecule has 0 atom stereocenters. The molecule has 170 valence electrons. The highest BCUT2D eigenvalue weighted by molar-refractivity contribution is 6.14. The molecule has 0 spiro atoms. The fourth-order valence-corrected chi connectivity index (χ4v) is 3.11. The maximum absolute atomic E-state index is 13.4. The number of rotatable bonds is 1. The number of nitrogens with zero attached hydrogens (tertiary/aromatic N) is 3. The summed E-state index contributed by atoms with van der Waals surface area (Å²) in [5.74, 6) is 0.279. The van der Waals surface area contributed by atoms with E-state index in [1.54, 1.807) is 47.6 Å². The number of ether oxygens (including phenoxy) is 2. The molecule has 2 aromatic rings. The summed E-state index contributed by atoms with van der Waals surface area (Å²) in [5, 5.41) is 2.37. The number of amides is 2. The van der Waals surface area contributed by atoms with Crippen LogP contribution in [0.25, 0.3) is 0 Å². The number of hydrogen-bond donors (Lipinski definition) is 0. The highest BCUT2D eigenvalue weighted by Crippen LogP contribution is 2.38. The summed E-state index contributed by atoms with van der Waals surface area (Å²) in [7, 11) is 0. The lowest BCUT2D eigenvalue weighted by molar-refractivity contribution is 0.0256. The standard InChI is InChI=1S/C25H31N3O4/c1-16-9-12-18(13-10-16)21-26-19-14-11-17(2)15-20(19)27(22(29)31-24(3,4)5)28(21)23(30)32-25(6,7)8/h9-15H,1-8H3. The van der Waals surface area contributed by atoms with Gasteiger partial charge in [-0.2, -0.15) is 10.0 Å². The number of benzene rings is 2. The van der Waals surface area contributed by atoms with Crippen LogP contribution in [0.2, 0.25) is 0 Å². The molecule has 7 nitrogen and oxygen atoms in total. The molecule has 3 rings (SSSR count). The molecular formula is C25H31N3O4. The third-order valence-electron chi connectivity index (χ3n) is 4.43. The summed E-state index contributed by atoms with van der Waals surface area (Å²) in [6.07, 6.45) is -1.43. The Morgan fingerprint density at radius 2 is 1.25 bits per heavy atom. The highest BCUT2D eigenvalue weighted by Gasteiger charge is 2.41. The molecule has 0 radical (unpaired) electrons. The minimum absolute atomic E-state index is 0.279. The molecule has 1 heterocycles. The summed E-state index contributed by atoms with van der Waals surface area (Å²) in [6, 6.07) is 13.1. The van der Waals surface area contributed by atoms with Crippen LogP contribution in [0.3, 0.4) is 0 Å². The average Bonchev–Trinajstić information content (AvgIpc) is 2.64. The summed E-state index contributed by atoms with van der Waals surface area (Å²) >= 11 is 0. The lowest BCUT2D eigenvalue weighted by Gasteiger charge is -2.39. The molecule has 0 fully saturated rings. The van der Waals surface area contributed by atoms with Crippen molar-refractivity contribution in [2.75, 3.05) is 5.01 Å². The number of aryl methyl sites for hydroxylation is 2. The first-order valence-corrected chi connectivity index (χ1v) is 10.6. The number of aliphatic imine (C=N–C) groups is 1. The van der Waals surface area contributed by atoms with Gasteiger partial charge in [-0.1, -0.05) is 35.9 Å². The number of hydrazine groups is 1. The maximum Gasteiger partial charge on any atom is 0.436 e. The van der Waals surface area contributed by atoms with Crippen LogP contribution in [-0.2, 0) is 9.47 Å². The van der Waals surface area contributed by atoms with Crippen molar-refractivity contribution >= 4 is 29.4 Å². The number of hydrogen-bond acceptors (Lipinski definition) is 5. The number of carbonyl (C=O) groups is 2. The Morgan fingerprint density at radius 1 is 0.750 bits per heavy atom. The maximum atomic E-state index is 13.4. The van der Waals surface area contributed by atoms with Gasteiger partial charge in [0.25, 0.3) is 0 Å². The van der Waals surface area contributed by atoms with Crippen LogP contribution in [-0.4, -0.2) is 34.2 Å². The van der Waals surface area contributed by atoms with E-state index >= 15 is 0 Å². The highest BCUT2D eigenvalue weighted by atomic mass is 16.6. The van der Waals surface area contributed by atoms with Gasteiger partial charge in [-0.25, -0.2) is 14.6 Å². The topological polar surface area (TPSA) is 71.4 Å². The quantitative estimate of drug-likeness (QED) is 0.526. The molecular weight excluding hydrogens is 406 g/mol. The van der Waals surface area contributed by atoms with Crippen LogP contribution < -0.4 is 5.01 Å². The first-order chi connectivity index (χ1) is 14.7. The Bertz CT molecular complexity index is 1060. The second-order valence-electron chi connectivity index (χ2n) is 9.88. The predicted molar refractivity (Wildman–Crippen MR) is 125 cm³/mol. The summed E-state index contributed by atoms with van der Waals surface area (Å²) in [4.78, 5) is 31.6. The van der Waals surface area contributed by atoms with Gasteiger partial charge in [0.05, 0.1) is 11.4 Å². The molecule has 0 aromatic heterocycles. The zero-order valence-corrected chi connectivity index (χ0v) is 20.0. The fourth-order valence-electron chi connectivity index (χ4n) is 3.11. The van der Waals surface area contributed by atoms with Crippen LogP contribution in [0.15, 0.2) is 47.5 Å². The van der Waals surface area contributed by atoms with E-state index in [9.17, 15) is 9.59 Å². The zero-order valence-electron chi connectivity index (χ0n) is 20.0. The van der Waals surface area contributed by atoms with Crippen LogP contribution >= 0.6 is 0 Å². The molecule has 7 heteroatoms. The summed E-state index contributed by atoms with van der Waals surface area (Å²) in [6.45, 7) is 14.5. The third kappa shape index (κ3) is 5.28. The van der Waals surface area contributed by atoms with Gasteiger partial charge in [-0.05, 0) is 73.1 Å². The molecule has 0 aliphatic carbocycles. The van der Waals surface area contributed by atoms with Gasteiger partial charge < -0.3 is 9.47 Å². The predicted octanol–water partition coefficient (Wildman–Crippen LogP) is 6.29. The van der Waals surface area contributed by atoms with Crippen LogP contribution in [0.4, 0.5) is 21.0 Å². The monoisotopic (exact) mass is 437 g/mol. The van der Waals surface area contributed by atoms with Crippen LogP contribution in [0, 0.1) is 13.8 Å². The van der Waals surface area contributed by atoms with Crippen molar-refractivity contribution in [1.29, 1.82) is 0 Å². The Hall–Kier alpha value is -3.35. The molecule has 2 amide bonds. The fraction of sp³-hybridized carbons (Fsp3) is 0.400. The summed E-state index contributed by atoms with van der Waals surface area (Å²) in [5.41, 5.74) is 2.10. The van der Waals surface area contributed by atoms with E-state index in [0.717, 1.165) is 16.1 Å². The van der Waals surface area contributed by atoms with E-state index in [0.29, 0.717) is 16.9 Å². The second kappa shape index (κ2) is 8.30. The van der Waals surface area contributed by atoms with Crippen molar-refractivity contribution in [3.05, 3.63) is 59.2 Å². The van der Waals surface area contributed by atoms with Crippen LogP contribution in [0.1, 0.15) is 58.2 Å². The lowest BCUT2D eigenvalue weighted by Crippen LogP contribution is -2.57. The van der Waals surface area contributed by atoms with Crippen molar-refractivity contribution in [2.45, 2.75) is 66.6 Å². The molecule has 1 aliphatic heterocycles. The second-order valence-corrected chi connectivity index (χ2v) is 9.88. The summed E-state index contributed by atoms with van der Waals surface area (Å²) < 4.78 is 11.3. The number of amidine groups is 1. The van der Waals surface area contributed by atoms with Gasteiger partial charge in [0.15, 0.2) is 5.84 Å². The lowest BCUT2D eigenvalue weighted by atomic mass is 10.1. The Kier molecular flexibility index (Phi) is 6.05. The Morgan fingerprint density at radius 3 is 1.78 bits per heavy atom. The molecule has 32 heavy (non-hydrogen) atoms. The first kappa shape index (κ1) is 23.3. The van der Waals surface area contributed by atoms with E-state index < -0.39 is 23.4 Å². The van der Waals surface area contributed by atoms with Gasteiger partial charge in [0.1, 0.15) is 11.2 Å². The molecule has 2 aromatic carbocycles. The van der Waals surface area contributed by atoms with Crippen molar-refractivity contribution in [3.63, 3.8) is 0 Å². The van der Waals surface area contributed by atoms with E-state index in [1.165, 1.54) is 5.01 Å². The SMILES string of the molecule is Cc1ccc(C2=Nc3ccc(C)cc3N(C(=O)OC(C)(C)C)N2C(=O)OC(C)(C)C)cc1. The zero-order chi connectivity index (χ0) is 23.8.